The van der Waals surface area contributed by atoms with Crippen molar-refractivity contribution in [3.05, 3.63) is 41.0 Å². The van der Waals surface area contributed by atoms with Crippen molar-refractivity contribution in [1.82, 2.24) is 9.88 Å². The Bertz CT molecular complexity index is 876. The highest BCUT2D eigenvalue weighted by molar-refractivity contribution is 7.91. The summed E-state index contributed by atoms with van der Waals surface area (Å²) in [5.74, 6) is 0.0475. The van der Waals surface area contributed by atoms with E-state index in [1.54, 1.807) is 17.0 Å². The minimum atomic E-state index is -3.73. The number of sulfonamides is 1. The molecule has 134 valence electrons. The molecule has 7 nitrogen and oxygen atoms in total. The number of hydrogen-bond acceptors (Lipinski definition) is 6. The lowest BCUT2D eigenvalue weighted by molar-refractivity contribution is -0.130. The SMILES string of the molecule is NS(=O)(=O)c1cnc(N2CCN(C(=O)Cc3cccc(Cl)c3)CC2)s1. The van der Waals surface area contributed by atoms with Crippen molar-refractivity contribution in [2.24, 2.45) is 5.14 Å². The van der Waals surface area contributed by atoms with Gasteiger partial charge in [0.2, 0.25) is 15.9 Å². The molecule has 1 aromatic heterocycles. The van der Waals surface area contributed by atoms with E-state index in [2.05, 4.69) is 4.98 Å². The van der Waals surface area contributed by atoms with Crippen LogP contribution in [0.1, 0.15) is 5.56 Å². The van der Waals surface area contributed by atoms with Crippen LogP contribution in [0.5, 0.6) is 0 Å². The maximum Gasteiger partial charge on any atom is 0.249 e. The lowest BCUT2D eigenvalue weighted by atomic mass is 10.1. The van der Waals surface area contributed by atoms with Crippen LogP contribution in [0.15, 0.2) is 34.7 Å². The highest BCUT2D eigenvalue weighted by atomic mass is 35.5. The summed E-state index contributed by atoms with van der Waals surface area (Å²) in [4.78, 5) is 20.3. The molecule has 1 aliphatic rings. The number of primary sulfonamides is 1. The third kappa shape index (κ3) is 4.49. The number of aromatic nitrogens is 1. The predicted molar refractivity (Wildman–Crippen MR) is 97.4 cm³/mol. The van der Waals surface area contributed by atoms with Crippen LogP contribution in [0.25, 0.3) is 0 Å². The molecule has 0 aliphatic carbocycles. The van der Waals surface area contributed by atoms with E-state index in [1.165, 1.54) is 6.20 Å². The number of thiazole rings is 1. The van der Waals surface area contributed by atoms with Gasteiger partial charge in [-0.05, 0) is 17.7 Å². The number of anilines is 1. The Morgan fingerprint density at radius 3 is 2.60 bits per heavy atom. The monoisotopic (exact) mass is 400 g/mol. The normalized spacial score (nSPS) is 15.4. The van der Waals surface area contributed by atoms with Crippen LogP contribution >= 0.6 is 22.9 Å². The first-order valence-corrected chi connectivity index (χ1v) is 10.3. The van der Waals surface area contributed by atoms with Crippen LogP contribution in [0.4, 0.5) is 5.13 Å². The van der Waals surface area contributed by atoms with Crippen LogP contribution in [0.3, 0.4) is 0 Å². The van der Waals surface area contributed by atoms with E-state index in [-0.39, 0.29) is 10.1 Å². The predicted octanol–water partition coefficient (Wildman–Crippen LogP) is 1.34. The topological polar surface area (TPSA) is 96.6 Å². The van der Waals surface area contributed by atoms with Gasteiger partial charge in [-0.25, -0.2) is 18.5 Å². The Balaban J connectivity index is 1.58. The molecule has 0 atom stereocenters. The summed E-state index contributed by atoms with van der Waals surface area (Å²) < 4.78 is 22.7. The average Bonchev–Trinajstić information content (AvgIpc) is 3.05. The van der Waals surface area contributed by atoms with Crippen LogP contribution in [0.2, 0.25) is 5.02 Å². The second kappa shape index (κ2) is 7.28. The highest BCUT2D eigenvalue weighted by Gasteiger charge is 2.24. The van der Waals surface area contributed by atoms with Crippen LogP contribution in [0, 0.1) is 0 Å². The molecule has 0 spiro atoms. The molecule has 2 heterocycles. The van der Waals surface area contributed by atoms with E-state index in [1.807, 2.05) is 17.0 Å². The number of carbonyl (C=O) groups excluding carboxylic acids is 1. The molecule has 3 rings (SSSR count). The molecule has 1 saturated heterocycles. The molecule has 1 amide bonds. The molecule has 10 heteroatoms. The van der Waals surface area contributed by atoms with E-state index in [9.17, 15) is 13.2 Å². The van der Waals surface area contributed by atoms with Gasteiger partial charge in [0.15, 0.2) is 9.34 Å². The summed E-state index contributed by atoms with van der Waals surface area (Å²) in [7, 11) is -3.73. The Labute approximate surface area is 155 Å². The number of hydrogen-bond donors (Lipinski definition) is 1. The van der Waals surface area contributed by atoms with Gasteiger partial charge in [-0.3, -0.25) is 4.79 Å². The molecule has 1 aliphatic heterocycles. The lowest BCUT2D eigenvalue weighted by Crippen LogP contribution is -2.49. The lowest BCUT2D eigenvalue weighted by Gasteiger charge is -2.34. The zero-order valence-electron chi connectivity index (χ0n) is 13.3. The molecule has 0 unspecified atom stereocenters. The van der Waals surface area contributed by atoms with E-state index >= 15 is 0 Å². The van der Waals surface area contributed by atoms with Gasteiger partial charge >= 0.3 is 0 Å². The zero-order valence-corrected chi connectivity index (χ0v) is 15.6. The Morgan fingerprint density at radius 2 is 2.00 bits per heavy atom. The van der Waals surface area contributed by atoms with Gasteiger partial charge in [0, 0.05) is 31.2 Å². The fourth-order valence-corrected chi connectivity index (χ4v) is 4.41. The summed E-state index contributed by atoms with van der Waals surface area (Å²) >= 11 is 6.99. The zero-order chi connectivity index (χ0) is 18.0. The van der Waals surface area contributed by atoms with Gasteiger partial charge in [0.05, 0.1) is 12.6 Å². The van der Waals surface area contributed by atoms with Crippen molar-refractivity contribution in [3.63, 3.8) is 0 Å². The Hall–Kier alpha value is -1.68. The number of halogens is 1. The fourth-order valence-electron chi connectivity index (χ4n) is 2.61. The van der Waals surface area contributed by atoms with Gasteiger partial charge in [-0.15, -0.1) is 0 Å². The number of piperazine rings is 1. The molecule has 0 radical (unpaired) electrons. The maximum absolute atomic E-state index is 12.4. The maximum atomic E-state index is 12.4. The molecule has 25 heavy (non-hydrogen) atoms. The van der Waals surface area contributed by atoms with Gasteiger partial charge in [0.1, 0.15) is 0 Å². The van der Waals surface area contributed by atoms with E-state index in [0.29, 0.717) is 42.8 Å². The fraction of sp³-hybridized carbons (Fsp3) is 0.333. The molecule has 2 N–H and O–H groups in total. The Morgan fingerprint density at radius 1 is 1.28 bits per heavy atom. The van der Waals surface area contributed by atoms with Gasteiger partial charge in [-0.1, -0.05) is 35.1 Å². The smallest absolute Gasteiger partial charge is 0.249 e. The quantitative estimate of drug-likeness (QED) is 0.835. The second-order valence-corrected chi connectivity index (χ2v) is 8.92. The molecule has 0 bridgehead atoms. The summed E-state index contributed by atoms with van der Waals surface area (Å²) in [6.07, 6.45) is 1.58. The largest absolute Gasteiger partial charge is 0.345 e. The number of nitrogens with two attached hydrogens (primary N) is 1. The third-order valence-corrected chi connectivity index (χ3v) is 6.60. The Kier molecular flexibility index (Phi) is 5.28. The highest BCUT2D eigenvalue weighted by Crippen LogP contribution is 2.26. The van der Waals surface area contributed by atoms with Crippen molar-refractivity contribution >= 4 is 44.0 Å². The third-order valence-electron chi connectivity index (χ3n) is 3.90. The summed E-state index contributed by atoms with van der Waals surface area (Å²) in [5.41, 5.74) is 0.887. The number of benzene rings is 1. The van der Waals surface area contributed by atoms with Crippen molar-refractivity contribution in [2.75, 3.05) is 31.1 Å². The van der Waals surface area contributed by atoms with E-state index in [0.717, 1.165) is 16.9 Å². The summed E-state index contributed by atoms with van der Waals surface area (Å²) in [6, 6.07) is 7.27. The van der Waals surface area contributed by atoms with Gasteiger partial charge < -0.3 is 9.80 Å². The second-order valence-electron chi connectivity index (χ2n) is 5.68. The van der Waals surface area contributed by atoms with Crippen LogP contribution in [-0.2, 0) is 21.2 Å². The number of rotatable bonds is 4. The minimum absolute atomic E-state index is 0.0435. The molecule has 0 saturated carbocycles. The molecule has 1 aromatic carbocycles. The summed E-state index contributed by atoms with van der Waals surface area (Å²) in [6.45, 7) is 2.31. The van der Waals surface area contributed by atoms with Gasteiger partial charge in [-0.2, -0.15) is 0 Å². The van der Waals surface area contributed by atoms with E-state index in [4.69, 9.17) is 16.7 Å². The van der Waals surface area contributed by atoms with Crippen molar-refractivity contribution < 1.29 is 13.2 Å². The molecule has 2 aromatic rings. The first kappa shape index (κ1) is 18.1. The first-order chi connectivity index (χ1) is 11.8. The van der Waals surface area contributed by atoms with Crippen molar-refractivity contribution in [2.45, 2.75) is 10.6 Å². The van der Waals surface area contributed by atoms with E-state index < -0.39 is 10.0 Å². The van der Waals surface area contributed by atoms with Crippen molar-refractivity contribution in [3.8, 4) is 0 Å². The number of amides is 1. The molecule has 1 fully saturated rings. The first-order valence-electron chi connectivity index (χ1n) is 7.59. The number of carbonyl (C=O) groups is 1. The number of nitrogens with zero attached hydrogens (tertiary/aromatic N) is 3. The standard InChI is InChI=1S/C15H17ClN4O3S2/c16-12-3-1-2-11(8-12)9-13(21)19-4-6-20(7-5-19)15-18-10-14(24-15)25(17,22)23/h1-3,8,10H,4-7,9H2,(H2,17,22,23). The van der Waals surface area contributed by atoms with Crippen molar-refractivity contribution in [1.29, 1.82) is 0 Å². The van der Waals surface area contributed by atoms with Gasteiger partial charge in [0.25, 0.3) is 0 Å². The molecular formula is C15H17ClN4O3S2. The van der Waals surface area contributed by atoms with Crippen LogP contribution in [-0.4, -0.2) is 50.4 Å². The summed E-state index contributed by atoms with van der Waals surface area (Å²) in [5, 5.41) is 6.33. The molecular weight excluding hydrogens is 384 g/mol. The minimum Gasteiger partial charge on any atom is -0.345 e. The van der Waals surface area contributed by atoms with Crippen LogP contribution < -0.4 is 10.0 Å². The average molecular weight is 401 g/mol.